The van der Waals surface area contributed by atoms with Crippen LogP contribution in [-0.4, -0.2) is 67.9 Å². The van der Waals surface area contributed by atoms with Gasteiger partial charge in [0, 0.05) is 19.7 Å². The molecular weight excluding hydrogens is 308 g/mol. The van der Waals surface area contributed by atoms with Crippen LogP contribution in [-0.2, 0) is 24.4 Å². The zero-order chi connectivity index (χ0) is 15.7. The Labute approximate surface area is 131 Å². The summed E-state index contributed by atoms with van der Waals surface area (Å²) in [7, 11) is -3.33. The molecule has 3 fully saturated rings. The molecule has 3 rings (SSSR count). The van der Waals surface area contributed by atoms with Crippen LogP contribution in [0.15, 0.2) is 0 Å². The van der Waals surface area contributed by atoms with Crippen molar-refractivity contribution in [3.05, 3.63) is 0 Å². The van der Waals surface area contributed by atoms with Gasteiger partial charge in [0.25, 0.3) is 5.91 Å². The van der Waals surface area contributed by atoms with Crippen LogP contribution < -0.4 is 0 Å². The summed E-state index contributed by atoms with van der Waals surface area (Å²) in [5.74, 6) is -0.430. The van der Waals surface area contributed by atoms with E-state index < -0.39 is 10.0 Å². The standard InChI is InChI=1S/C14H24N2O5S/c1-2-22(18,19)16-10-11(9-13-12(16)5-8-20-13)14(17)15-6-3-4-7-21-15/h11-13H,2-10H2,1H3/t11-,12+,13+/m0/s1. The minimum absolute atomic E-state index is 0.0529. The van der Waals surface area contributed by atoms with E-state index in [1.165, 1.54) is 9.37 Å². The van der Waals surface area contributed by atoms with Crippen LogP contribution in [0.1, 0.15) is 32.6 Å². The van der Waals surface area contributed by atoms with Gasteiger partial charge in [-0.3, -0.25) is 9.63 Å². The fourth-order valence-electron chi connectivity index (χ4n) is 3.54. The van der Waals surface area contributed by atoms with E-state index >= 15 is 0 Å². The summed E-state index contributed by atoms with van der Waals surface area (Å²) >= 11 is 0. The number of amides is 1. The van der Waals surface area contributed by atoms with Crippen molar-refractivity contribution in [1.29, 1.82) is 0 Å². The number of rotatable bonds is 3. The normalized spacial score (nSPS) is 33.7. The van der Waals surface area contributed by atoms with Gasteiger partial charge in [-0.1, -0.05) is 0 Å². The summed E-state index contributed by atoms with van der Waals surface area (Å²) < 4.78 is 31.9. The highest BCUT2D eigenvalue weighted by molar-refractivity contribution is 7.89. The van der Waals surface area contributed by atoms with E-state index in [-0.39, 0.29) is 36.3 Å². The Hall–Kier alpha value is -0.700. The first-order chi connectivity index (χ1) is 10.5. The highest BCUT2D eigenvalue weighted by Gasteiger charge is 2.47. The third kappa shape index (κ3) is 3.02. The Kier molecular flexibility index (Phi) is 4.72. The number of hydrogen-bond acceptors (Lipinski definition) is 5. The van der Waals surface area contributed by atoms with Crippen LogP contribution in [0.4, 0.5) is 0 Å². The van der Waals surface area contributed by atoms with Gasteiger partial charge in [-0.15, -0.1) is 0 Å². The minimum Gasteiger partial charge on any atom is -0.376 e. The van der Waals surface area contributed by atoms with Crippen molar-refractivity contribution >= 4 is 15.9 Å². The Balaban J connectivity index is 1.77. The molecule has 0 radical (unpaired) electrons. The van der Waals surface area contributed by atoms with Crippen molar-refractivity contribution in [2.75, 3.05) is 32.1 Å². The number of piperidine rings is 1. The Bertz CT molecular complexity index is 517. The molecule has 0 N–H and O–H groups in total. The number of carbonyl (C=O) groups excluding carboxylic acids is 1. The molecule has 3 saturated heterocycles. The van der Waals surface area contributed by atoms with Gasteiger partial charge in [0.05, 0.1) is 30.4 Å². The van der Waals surface area contributed by atoms with Crippen LogP contribution in [0, 0.1) is 5.92 Å². The molecule has 22 heavy (non-hydrogen) atoms. The largest absolute Gasteiger partial charge is 0.376 e. The summed E-state index contributed by atoms with van der Waals surface area (Å²) in [4.78, 5) is 18.1. The zero-order valence-electron chi connectivity index (χ0n) is 12.9. The highest BCUT2D eigenvalue weighted by Crippen LogP contribution is 2.34. The molecule has 3 aliphatic heterocycles. The fraction of sp³-hybridized carbons (Fsp3) is 0.929. The van der Waals surface area contributed by atoms with Crippen molar-refractivity contribution < 1.29 is 22.8 Å². The molecule has 126 valence electrons. The van der Waals surface area contributed by atoms with E-state index in [1.54, 1.807) is 6.92 Å². The van der Waals surface area contributed by atoms with Gasteiger partial charge in [-0.05, 0) is 32.6 Å². The third-order valence-electron chi connectivity index (χ3n) is 4.78. The predicted molar refractivity (Wildman–Crippen MR) is 79.3 cm³/mol. The maximum atomic E-state index is 12.6. The number of carbonyl (C=O) groups is 1. The lowest BCUT2D eigenvalue weighted by Gasteiger charge is -2.40. The molecule has 0 aliphatic carbocycles. The molecule has 3 atom stereocenters. The first-order valence-corrected chi connectivity index (χ1v) is 9.69. The third-order valence-corrected chi connectivity index (χ3v) is 6.65. The second-order valence-corrected chi connectivity index (χ2v) is 8.36. The lowest BCUT2D eigenvalue weighted by Crippen LogP contribution is -2.56. The van der Waals surface area contributed by atoms with Crippen LogP contribution in [0.5, 0.6) is 0 Å². The average molecular weight is 332 g/mol. The van der Waals surface area contributed by atoms with Gasteiger partial charge in [0.2, 0.25) is 10.0 Å². The molecule has 0 bridgehead atoms. The zero-order valence-corrected chi connectivity index (χ0v) is 13.8. The van der Waals surface area contributed by atoms with Crippen molar-refractivity contribution in [2.45, 2.75) is 44.8 Å². The molecule has 3 heterocycles. The van der Waals surface area contributed by atoms with E-state index in [2.05, 4.69) is 0 Å². The monoisotopic (exact) mass is 332 g/mol. The molecule has 3 aliphatic rings. The molecule has 0 aromatic heterocycles. The van der Waals surface area contributed by atoms with Gasteiger partial charge in [-0.25, -0.2) is 13.5 Å². The van der Waals surface area contributed by atoms with Crippen molar-refractivity contribution in [3.63, 3.8) is 0 Å². The maximum absolute atomic E-state index is 12.6. The first kappa shape index (κ1) is 16.2. The number of hydrogen-bond donors (Lipinski definition) is 0. The van der Waals surface area contributed by atoms with E-state index in [9.17, 15) is 13.2 Å². The van der Waals surface area contributed by atoms with E-state index in [4.69, 9.17) is 9.57 Å². The van der Waals surface area contributed by atoms with Gasteiger partial charge in [0.15, 0.2) is 0 Å². The fourth-order valence-corrected chi connectivity index (χ4v) is 4.93. The van der Waals surface area contributed by atoms with Crippen LogP contribution in [0.25, 0.3) is 0 Å². The SMILES string of the molecule is CCS(=O)(=O)N1C[C@@H](C(=O)N2CCCCO2)C[C@H]2OCC[C@H]21. The van der Waals surface area contributed by atoms with Gasteiger partial charge < -0.3 is 4.74 Å². The second kappa shape index (κ2) is 6.43. The molecule has 8 heteroatoms. The number of ether oxygens (including phenoxy) is 1. The van der Waals surface area contributed by atoms with Gasteiger partial charge >= 0.3 is 0 Å². The smallest absolute Gasteiger partial charge is 0.250 e. The molecule has 0 saturated carbocycles. The summed E-state index contributed by atoms with van der Waals surface area (Å²) in [6.45, 7) is 3.59. The summed E-state index contributed by atoms with van der Waals surface area (Å²) in [5.41, 5.74) is 0. The molecule has 0 unspecified atom stereocenters. The van der Waals surface area contributed by atoms with Gasteiger partial charge in [0.1, 0.15) is 0 Å². The summed E-state index contributed by atoms with van der Waals surface area (Å²) in [6, 6.07) is -0.115. The molecule has 1 amide bonds. The minimum atomic E-state index is -3.33. The number of fused-ring (bicyclic) bond motifs is 1. The maximum Gasteiger partial charge on any atom is 0.250 e. The van der Waals surface area contributed by atoms with E-state index in [0.29, 0.717) is 32.6 Å². The molecule has 0 aromatic carbocycles. The Morgan fingerprint density at radius 2 is 2.09 bits per heavy atom. The van der Waals surface area contributed by atoms with Crippen molar-refractivity contribution in [2.24, 2.45) is 5.92 Å². The molecule has 7 nitrogen and oxygen atoms in total. The van der Waals surface area contributed by atoms with Gasteiger partial charge in [-0.2, -0.15) is 4.31 Å². The van der Waals surface area contributed by atoms with Crippen molar-refractivity contribution in [3.8, 4) is 0 Å². The van der Waals surface area contributed by atoms with E-state index in [0.717, 1.165) is 12.8 Å². The second-order valence-electron chi connectivity index (χ2n) is 6.15. The first-order valence-electron chi connectivity index (χ1n) is 8.08. The summed E-state index contributed by atoms with van der Waals surface area (Å²) in [6.07, 6.45) is 3.01. The summed E-state index contributed by atoms with van der Waals surface area (Å²) in [5, 5.41) is 1.42. The van der Waals surface area contributed by atoms with Crippen LogP contribution >= 0.6 is 0 Å². The highest BCUT2D eigenvalue weighted by atomic mass is 32.2. The van der Waals surface area contributed by atoms with E-state index in [1.807, 2.05) is 0 Å². The predicted octanol–water partition coefficient (Wildman–Crippen LogP) is 0.370. The lowest BCUT2D eigenvalue weighted by atomic mass is 9.91. The Morgan fingerprint density at radius 3 is 2.77 bits per heavy atom. The van der Waals surface area contributed by atoms with Crippen molar-refractivity contribution in [1.82, 2.24) is 9.37 Å². The Morgan fingerprint density at radius 1 is 1.27 bits per heavy atom. The molecule has 0 spiro atoms. The molecular formula is C14H24N2O5S. The average Bonchev–Trinajstić information content (AvgIpc) is 3.02. The number of nitrogens with zero attached hydrogens (tertiary/aromatic N) is 2. The van der Waals surface area contributed by atoms with Crippen LogP contribution in [0.3, 0.4) is 0 Å². The van der Waals surface area contributed by atoms with Crippen LogP contribution in [0.2, 0.25) is 0 Å². The quantitative estimate of drug-likeness (QED) is 0.746. The lowest BCUT2D eigenvalue weighted by molar-refractivity contribution is -0.203. The number of hydroxylamine groups is 2. The topological polar surface area (TPSA) is 76.2 Å². The molecule has 0 aromatic rings. The number of sulfonamides is 1.